The number of aryl methyl sites for hydroxylation is 1. The second-order valence-electron chi connectivity index (χ2n) is 3.65. The van der Waals surface area contributed by atoms with E-state index in [4.69, 9.17) is 0 Å². The molecule has 0 spiro atoms. The Bertz CT molecular complexity index is 280. The zero-order valence-corrected chi connectivity index (χ0v) is 7.67. The van der Waals surface area contributed by atoms with Crippen LogP contribution in [0.25, 0.3) is 0 Å². The lowest BCUT2D eigenvalue weighted by Gasteiger charge is -2.00. The van der Waals surface area contributed by atoms with Crippen LogP contribution < -0.4 is 5.32 Å². The molecule has 0 heterocycles. The van der Waals surface area contributed by atoms with Crippen LogP contribution in [0.15, 0.2) is 24.3 Å². The molecule has 12 heavy (non-hydrogen) atoms. The predicted molar refractivity (Wildman–Crippen MR) is 51.4 cm³/mol. The van der Waals surface area contributed by atoms with Crippen LogP contribution in [-0.2, 0) is 0 Å². The summed E-state index contributed by atoms with van der Waals surface area (Å²) in [4.78, 5) is 0. The molecular formula is C11H15N. The van der Waals surface area contributed by atoms with E-state index in [0.29, 0.717) is 0 Å². The number of rotatable bonds is 2. The van der Waals surface area contributed by atoms with Crippen molar-refractivity contribution in [3.8, 4) is 0 Å². The van der Waals surface area contributed by atoms with Gasteiger partial charge >= 0.3 is 0 Å². The number of benzene rings is 1. The Balaban J connectivity index is 2.14. The first kappa shape index (κ1) is 7.81. The standard InChI is InChI=1S/C11H15N/c1-8-4-3-5-9(6-8)10-7-11(10)12-2/h3-6,10-12H,7H2,1-2H3. The molecule has 1 heteroatoms. The first-order valence-electron chi connectivity index (χ1n) is 4.55. The van der Waals surface area contributed by atoms with Gasteiger partial charge in [0.2, 0.25) is 0 Å². The molecule has 2 unspecified atom stereocenters. The van der Waals surface area contributed by atoms with Gasteiger partial charge in [-0.1, -0.05) is 29.8 Å². The molecule has 0 bridgehead atoms. The molecule has 0 radical (unpaired) electrons. The van der Waals surface area contributed by atoms with Crippen molar-refractivity contribution in [2.75, 3.05) is 7.05 Å². The van der Waals surface area contributed by atoms with E-state index in [1.54, 1.807) is 0 Å². The Morgan fingerprint density at radius 2 is 2.25 bits per heavy atom. The second-order valence-corrected chi connectivity index (χ2v) is 3.65. The van der Waals surface area contributed by atoms with Crippen LogP contribution in [0, 0.1) is 6.92 Å². The average Bonchev–Trinajstić information content (AvgIpc) is 2.83. The van der Waals surface area contributed by atoms with Crippen molar-refractivity contribution in [3.05, 3.63) is 35.4 Å². The first-order chi connectivity index (χ1) is 5.81. The van der Waals surface area contributed by atoms with Gasteiger partial charge in [0.25, 0.3) is 0 Å². The molecule has 2 rings (SSSR count). The van der Waals surface area contributed by atoms with Gasteiger partial charge in [-0.25, -0.2) is 0 Å². The van der Waals surface area contributed by atoms with Gasteiger partial charge in [-0.05, 0) is 26.0 Å². The molecule has 1 nitrogen and oxygen atoms in total. The van der Waals surface area contributed by atoms with Crippen LogP contribution >= 0.6 is 0 Å². The summed E-state index contributed by atoms with van der Waals surface area (Å²) in [5, 5.41) is 3.31. The maximum absolute atomic E-state index is 3.31. The van der Waals surface area contributed by atoms with E-state index in [1.165, 1.54) is 17.5 Å². The fourth-order valence-electron chi connectivity index (χ4n) is 1.78. The third-order valence-corrected chi connectivity index (χ3v) is 2.63. The van der Waals surface area contributed by atoms with Crippen LogP contribution in [0.4, 0.5) is 0 Å². The molecule has 0 amide bonds. The van der Waals surface area contributed by atoms with Crippen molar-refractivity contribution in [1.29, 1.82) is 0 Å². The fourth-order valence-corrected chi connectivity index (χ4v) is 1.78. The lowest BCUT2D eigenvalue weighted by Crippen LogP contribution is -2.10. The third-order valence-electron chi connectivity index (χ3n) is 2.63. The van der Waals surface area contributed by atoms with Gasteiger partial charge in [0.15, 0.2) is 0 Å². The summed E-state index contributed by atoms with van der Waals surface area (Å²) in [7, 11) is 2.04. The molecule has 1 aromatic carbocycles. The van der Waals surface area contributed by atoms with Gasteiger partial charge in [0.05, 0.1) is 0 Å². The molecular weight excluding hydrogens is 146 g/mol. The van der Waals surface area contributed by atoms with Crippen molar-refractivity contribution in [2.45, 2.75) is 25.3 Å². The minimum absolute atomic E-state index is 0.729. The number of likely N-dealkylation sites (N-methyl/N-ethyl adjacent to an activating group) is 1. The molecule has 1 aromatic rings. The number of nitrogens with one attached hydrogen (secondary N) is 1. The lowest BCUT2D eigenvalue weighted by molar-refractivity contribution is 0.783. The van der Waals surface area contributed by atoms with Gasteiger partial charge in [0, 0.05) is 12.0 Å². The van der Waals surface area contributed by atoms with Crippen molar-refractivity contribution in [2.24, 2.45) is 0 Å². The maximum Gasteiger partial charge on any atom is 0.0140 e. The van der Waals surface area contributed by atoms with Gasteiger partial charge in [-0.3, -0.25) is 0 Å². The summed E-state index contributed by atoms with van der Waals surface area (Å²) in [5.74, 6) is 0.773. The van der Waals surface area contributed by atoms with Crippen LogP contribution in [-0.4, -0.2) is 13.1 Å². The summed E-state index contributed by atoms with van der Waals surface area (Å²) in [6, 6.07) is 9.55. The molecule has 1 N–H and O–H groups in total. The molecule has 0 aromatic heterocycles. The SMILES string of the molecule is CNC1CC1c1cccc(C)c1. The van der Waals surface area contributed by atoms with Crippen molar-refractivity contribution in [1.82, 2.24) is 5.32 Å². The topological polar surface area (TPSA) is 12.0 Å². The molecule has 1 aliphatic rings. The third kappa shape index (κ3) is 1.37. The normalized spacial score (nSPS) is 27.2. The Morgan fingerprint density at radius 3 is 2.83 bits per heavy atom. The van der Waals surface area contributed by atoms with Crippen molar-refractivity contribution in [3.63, 3.8) is 0 Å². The van der Waals surface area contributed by atoms with E-state index in [1.807, 2.05) is 7.05 Å². The highest BCUT2D eigenvalue weighted by molar-refractivity contribution is 5.31. The monoisotopic (exact) mass is 161 g/mol. The van der Waals surface area contributed by atoms with Crippen LogP contribution in [0.1, 0.15) is 23.5 Å². The summed E-state index contributed by atoms with van der Waals surface area (Å²) in [6.45, 7) is 2.15. The first-order valence-corrected chi connectivity index (χ1v) is 4.55. The summed E-state index contributed by atoms with van der Waals surface area (Å²) < 4.78 is 0. The number of hydrogen-bond donors (Lipinski definition) is 1. The van der Waals surface area contributed by atoms with Gasteiger partial charge < -0.3 is 5.32 Å². The van der Waals surface area contributed by atoms with E-state index in [9.17, 15) is 0 Å². The Kier molecular flexibility index (Phi) is 1.89. The smallest absolute Gasteiger partial charge is 0.0140 e. The molecule has 64 valence electrons. The lowest BCUT2D eigenvalue weighted by atomic mass is 10.1. The zero-order valence-electron chi connectivity index (χ0n) is 7.67. The highest BCUT2D eigenvalue weighted by Crippen LogP contribution is 2.40. The maximum atomic E-state index is 3.31. The summed E-state index contributed by atoms with van der Waals surface area (Å²) in [5.41, 5.74) is 2.86. The van der Waals surface area contributed by atoms with Crippen LogP contribution in [0.5, 0.6) is 0 Å². The summed E-state index contributed by atoms with van der Waals surface area (Å²) >= 11 is 0. The predicted octanol–water partition coefficient (Wildman–Crippen LogP) is 2.07. The van der Waals surface area contributed by atoms with E-state index >= 15 is 0 Å². The largest absolute Gasteiger partial charge is 0.316 e. The van der Waals surface area contributed by atoms with Crippen LogP contribution in [0.2, 0.25) is 0 Å². The van der Waals surface area contributed by atoms with E-state index in [2.05, 4.69) is 36.5 Å². The van der Waals surface area contributed by atoms with E-state index in [-0.39, 0.29) is 0 Å². The van der Waals surface area contributed by atoms with Gasteiger partial charge in [0.1, 0.15) is 0 Å². The number of hydrogen-bond acceptors (Lipinski definition) is 1. The van der Waals surface area contributed by atoms with Crippen LogP contribution in [0.3, 0.4) is 0 Å². The summed E-state index contributed by atoms with van der Waals surface area (Å²) in [6.07, 6.45) is 1.31. The Morgan fingerprint density at radius 1 is 1.42 bits per heavy atom. The highest BCUT2D eigenvalue weighted by Gasteiger charge is 2.36. The Labute approximate surface area is 73.8 Å². The minimum atomic E-state index is 0.729. The van der Waals surface area contributed by atoms with E-state index < -0.39 is 0 Å². The minimum Gasteiger partial charge on any atom is -0.316 e. The molecule has 1 aliphatic carbocycles. The van der Waals surface area contributed by atoms with Crippen molar-refractivity contribution >= 4 is 0 Å². The molecule has 0 saturated heterocycles. The quantitative estimate of drug-likeness (QED) is 0.700. The second kappa shape index (κ2) is 2.91. The van der Waals surface area contributed by atoms with Gasteiger partial charge in [-0.15, -0.1) is 0 Å². The van der Waals surface area contributed by atoms with Crippen molar-refractivity contribution < 1.29 is 0 Å². The Hall–Kier alpha value is -0.820. The van der Waals surface area contributed by atoms with Gasteiger partial charge in [-0.2, -0.15) is 0 Å². The molecule has 0 aliphatic heterocycles. The average molecular weight is 161 g/mol. The zero-order chi connectivity index (χ0) is 8.55. The highest BCUT2D eigenvalue weighted by atomic mass is 14.9. The molecule has 1 saturated carbocycles. The fraction of sp³-hybridized carbons (Fsp3) is 0.455. The molecule has 2 atom stereocenters. The van der Waals surface area contributed by atoms with E-state index in [0.717, 1.165) is 12.0 Å². The molecule has 1 fully saturated rings.